The Morgan fingerprint density at radius 3 is 2.47 bits per heavy atom. The zero-order valence-electron chi connectivity index (χ0n) is 32.2. The van der Waals surface area contributed by atoms with Crippen molar-refractivity contribution in [2.24, 2.45) is 5.92 Å². The number of likely N-dealkylation sites (tertiary alicyclic amines) is 1. The molecule has 16 heteroatoms. The molecule has 3 aliphatic heterocycles. The molecule has 0 radical (unpaired) electrons. The molecule has 302 valence electrons. The number of pyridine rings is 2. The van der Waals surface area contributed by atoms with Gasteiger partial charge in [-0.15, -0.1) is 0 Å². The van der Waals surface area contributed by atoms with E-state index in [0.717, 1.165) is 85.7 Å². The van der Waals surface area contributed by atoms with Crippen LogP contribution in [0.4, 0.5) is 35.0 Å². The average Bonchev–Trinajstić information content (AvgIpc) is 3.92. The van der Waals surface area contributed by atoms with Gasteiger partial charge in [-0.25, -0.2) is 9.78 Å². The van der Waals surface area contributed by atoms with Gasteiger partial charge in [-0.1, -0.05) is 18.2 Å². The summed E-state index contributed by atoms with van der Waals surface area (Å²) >= 11 is 0. The average molecular weight is 796 g/mol. The van der Waals surface area contributed by atoms with Crippen LogP contribution in [0.15, 0.2) is 67.1 Å². The number of rotatable bonds is 8. The number of nitrogens with zero attached hydrogens (tertiary/aromatic N) is 7. The Bertz CT molecular complexity index is 2440. The van der Waals surface area contributed by atoms with Crippen molar-refractivity contribution in [2.75, 3.05) is 41.3 Å². The Balaban J connectivity index is 0.840. The second-order valence-electron chi connectivity index (χ2n) is 16.6. The van der Waals surface area contributed by atoms with Gasteiger partial charge >= 0.3 is 12.2 Å². The van der Waals surface area contributed by atoms with E-state index in [1.165, 1.54) is 6.07 Å². The molecule has 13 nitrogen and oxygen atoms in total. The van der Waals surface area contributed by atoms with Gasteiger partial charge in [0.15, 0.2) is 0 Å². The van der Waals surface area contributed by atoms with E-state index < -0.39 is 29.4 Å². The number of amides is 4. The van der Waals surface area contributed by atoms with Crippen LogP contribution in [-0.2, 0) is 16.6 Å². The maximum atomic E-state index is 13.3. The van der Waals surface area contributed by atoms with Gasteiger partial charge in [0.25, 0.3) is 5.91 Å². The minimum atomic E-state index is -4.69. The van der Waals surface area contributed by atoms with Gasteiger partial charge in [0.2, 0.25) is 5.91 Å². The lowest BCUT2D eigenvalue weighted by Crippen LogP contribution is -2.49. The van der Waals surface area contributed by atoms with E-state index in [4.69, 9.17) is 5.10 Å². The lowest BCUT2D eigenvalue weighted by molar-refractivity contribution is -0.141. The van der Waals surface area contributed by atoms with E-state index in [1.54, 1.807) is 37.1 Å². The first-order valence-electron chi connectivity index (χ1n) is 19.8. The summed E-state index contributed by atoms with van der Waals surface area (Å²) in [6.45, 7) is 6.44. The third-order valence-corrected chi connectivity index (χ3v) is 12.3. The van der Waals surface area contributed by atoms with Gasteiger partial charge in [0, 0.05) is 90.2 Å². The fraction of sp³-hybridized carbons (Fsp3) is 0.429. The standard InChI is InChI=1S/C42H44F3N9O4/c1-41(2,58)31-17-33-25(15-34(31)48-39(56)32-6-4-8-37(47-32)42(43,44)45)21-54(50-33)26-11-9-24(10-12-26)20-51-22-28-16-27(51)23-53(28)35-7-3-5-29-30(35)18-46-19-36(29)52-14-13-38(55)49-40(52)57/h3-8,15,17-19,21,24,26-28,58H,9-14,16,20,22-23H2,1-2H3,(H,48,56)(H,49,55,57)/t24?,26?,27-,28-/m1/s1. The Morgan fingerprint density at radius 1 is 0.948 bits per heavy atom. The molecule has 4 amide bonds. The van der Waals surface area contributed by atoms with Gasteiger partial charge in [0.05, 0.1) is 29.0 Å². The lowest BCUT2D eigenvalue weighted by atomic mass is 9.85. The second kappa shape index (κ2) is 14.3. The molecule has 2 aromatic carbocycles. The minimum absolute atomic E-state index is 0.188. The van der Waals surface area contributed by atoms with Crippen LogP contribution in [0.1, 0.15) is 80.2 Å². The van der Waals surface area contributed by atoms with Gasteiger partial charge in [-0.2, -0.15) is 18.3 Å². The molecule has 0 unspecified atom stereocenters. The zero-order chi connectivity index (χ0) is 40.5. The molecule has 2 atom stereocenters. The monoisotopic (exact) mass is 795 g/mol. The number of nitrogens with one attached hydrogen (secondary N) is 2. The molecular weight excluding hydrogens is 752 g/mol. The molecular formula is C42H44F3N9O4. The largest absolute Gasteiger partial charge is 0.433 e. The smallest absolute Gasteiger partial charge is 0.386 e. The van der Waals surface area contributed by atoms with Gasteiger partial charge in [0.1, 0.15) is 11.4 Å². The van der Waals surface area contributed by atoms with Crippen LogP contribution in [0.3, 0.4) is 0 Å². The summed E-state index contributed by atoms with van der Waals surface area (Å²) in [6, 6.07) is 13.4. The number of aliphatic hydroxyl groups is 1. The normalized spacial score (nSPS) is 22.9. The maximum absolute atomic E-state index is 13.3. The van der Waals surface area contributed by atoms with E-state index in [-0.39, 0.29) is 29.8 Å². The summed E-state index contributed by atoms with van der Waals surface area (Å²) in [6.07, 6.45) is 6.21. The van der Waals surface area contributed by atoms with Crippen molar-refractivity contribution < 1.29 is 32.7 Å². The van der Waals surface area contributed by atoms with Crippen LogP contribution >= 0.6 is 0 Å². The third kappa shape index (κ3) is 7.12. The van der Waals surface area contributed by atoms with Crippen LogP contribution in [0.2, 0.25) is 0 Å². The predicted molar refractivity (Wildman–Crippen MR) is 212 cm³/mol. The zero-order valence-corrected chi connectivity index (χ0v) is 32.2. The predicted octanol–water partition coefficient (Wildman–Crippen LogP) is 6.62. The Morgan fingerprint density at radius 2 is 1.74 bits per heavy atom. The first-order chi connectivity index (χ1) is 27.7. The molecule has 1 saturated carbocycles. The van der Waals surface area contributed by atoms with Gasteiger partial charge < -0.3 is 15.3 Å². The van der Waals surface area contributed by atoms with Crippen molar-refractivity contribution in [3.63, 3.8) is 0 Å². The van der Waals surface area contributed by atoms with Crippen LogP contribution in [-0.4, -0.2) is 85.9 Å². The Kier molecular flexibility index (Phi) is 9.38. The first-order valence-corrected chi connectivity index (χ1v) is 19.8. The number of anilines is 3. The fourth-order valence-corrected chi connectivity index (χ4v) is 9.41. The van der Waals surface area contributed by atoms with Crippen LogP contribution in [0.5, 0.6) is 0 Å². The fourth-order valence-electron chi connectivity index (χ4n) is 9.41. The highest BCUT2D eigenvalue weighted by molar-refractivity contribution is 6.11. The quantitative estimate of drug-likeness (QED) is 0.158. The number of urea groups is 1. The van der Waals surface area contributed by atoms with E-state index in [0.29, 0.717) is 41.3 Å². The molecule has 4 fully saturated rings. The van der Waals surface area contributed by atoms with Crippen LogP contribution in [0, 0.1) is 5.92 Å². The Labute approximate surface area is 332 Å². The van der Waals surface area contributed by atoms with Crippen molar-refractivity contribution in [1.82, 2.24) is 30.0 Å². The van der Waals surface area contributed by atoms with E-state index >= 15 is 0 Å². The van der Waals surface area contributed by atoms with Crippen LogP contribution < -0.4 is 20.4 Å². The molecule has 3 N–H and O–H groups in total. The molecule has 6 heterocycles. The van der Waals surface area contributed by atoms with E-state index in [2.05, 4.69) is 36.5 Å². The van der Waals surface area contributed by atoms with Gasteiger partial charge in [-0.3, -0.25) is 34.4 Å². The highest BCUT2D eigenvalue weighted by Crippen LogP contribution is 2.42. The van der Waals surface area contributed by atoms with E-state index in [1.807, 2.05) is 29.2 Å². The number of benzene rings is 2. The first kappa shape index (κ1) is 37.9. The van der Waals surface area contributed by atoms with Crippen molar-refractivity contribution in [1.29, 1.82) is 0 Å². The summed E-state index contributed by atoms with van der Waals surface area (Å²) in [4.78, 5) is 52.3. The number of fused-ring (bicyclic) bond motifs is 4. The minimum Gasteiger partial charge on any atom is -0.386 e. The maximum Gasteiger partial charge on any atom is 0.433 e. The number of hydrogen-bond acceptors (Lipinski definition) is 9. The third-order valence-electron chi connectivity index (χ3n) is 12.3. The molecule has 1 aliphatic carbocycles. The molecule has 0 spiro atoms. The number of aromatic nitrogens is 4. The van der Waals surface area contributed by atoms with Crippen molar-refractivity contribution in [3.05, 3.63) is 84.1 Å². The SMILES string of the molecule is CC(C)(O)c1cc2nn(C3CCC(CN4C[C@H]5C[C@@H]4CN5c4cccc5c(N6CCC(=O)NC6=O)cncc45)CC3)cc2cc1NC(=O)c1cccc(C(F)(F)F)n1. The summed E-state index contributed by atoms with van der Waals surface area (Å²) in [5, 5.41) is 23.7. The number of carbonyl (C=O) groups excluding carboxylic acids is 3. The number of carbonyl (C=O) groups is 3. The molecule has 3 aromatic heterocycles. The summed E-state index contributed by atoms with van der Waals surface area (Å²) in [5.41, 5.74) is 0.222. The van der Waals surface area contributed by atoms with Crippen molar-refractivity contribution in [3.8, 4) is 0 Å². The molecule has 9 rings (SSSR count). The number of imide groups is 1. The number of halogens is 3. The number of piperazine rings is 1. The number of alkyl halides is 3. The highest BCUT2D eigenvalue weighted by atomic mass is 19.4. The highest BCUT2D eigenvalue weighted by Gasteiger charge is 2.44. The number of hydrogen-bond donors (Lipinski definition) is 3. The summed E-state index contributed by atoms with van der Waals surface area (Å²) < 4.78 is 41.8. The Hall–Kier alpha value is -5.61. The molecule has 5 aromatic rings. The molecule has 2 bridgehead atoms. The van der Waals surface area contributed by atoms with Crippen molar-refractivity contribution in [2.45, 2.75) is 82.3 Å². The summed E-state index contributed by atoms with van der Waals surface area (Å²) in [7, 11) is 0. The molecule has 3 saturated heterocycles. The lowest BCUT2D eigenvalue weighted by Gasteiger charge is -2.39. The van der Waals surface area contributed by atoms with Crippen molar-refractivity contribution >= 4 is 56.6 Å². The summed E-state index contributed by atoms with van der Waals surface area (Å²) in [5.74, 6) is -0.517. The molecule has 4 aliphatic rings. The van der Waals surface area contributed by atoms with Crippen LogP contribution in [0.25, 0.3) is 21.7 Å². The van der Waals surface area contributed by atoms with E-state index in [9.17, 15) is 32.7 Å². The second-order valence-corrected chi connectivity index (χ2v) is 16.6. The van der Waals surface area contributed by atoms with Gasteiger partial charge in [-0.05, 0) is 82.2 Å². The topological polar surface area (TPSA) is 149 Å². The molecule has 58 heavy (non-hydrogen) atoms.